The summed E-state index contributed by atoms with van der Waals surface area (Å²) >= 11 is 6.32. The molecule has 0 amide bonds. The number of aromatic nitrogens is 1. The molecule has 1 aliphatic rings. The second-order valence-electron chi connectivity index (χ2n) is 7.57. The van der Waals surface area contributed by atoms with Crippen LogP contribution >= 0.6 is 11.6 Å². The molecule has 1 saturated carbocycles. The lowest BCUT2D eigenvalue weighted by Gasteiger charge is -2.11. The van der Waals surface area contributed by atoms with Gasteiger partial charge >= 0.3 is 0 Å². The first kappa shape index (κ1) is 20.4. The second kappa shape index (κ2) is 9.24. The van der Waals surface area contributed by atoms with Crippen LogP contribution in [0.25, 0.3) is 6.08 Å². The summed E-state index contributed by atoms with van der Waals surface area (Å²) in [5.74, 6) is 2.88. The second-order valence-corrected chi connectivity index (χ2v) is 7.98. The third-order valence-electron chi connectivity index (χ3n) is 4.83. The van der Waals surface area contributed by atoms with Crippen molar-refractivity contribution in [2.24, 2.45) is 11.8 Å². The zero-order valence-corrected chi connectivity index (χ0v) is 17.3. The van der Waals surface area contributed by atoms with Gasteiger partial charge in [-0.15, -0.1) is 0 Å². The molecule has 0 radical (unpaired) electrons. The van der Waals surface area contributed by atoms with E-state index in [2.05, 4.69) is 11.9 Å². The highest BCUT2D eigenvalue weighted by atomic mass is 35.5. The van der Waals surface area contributed by atoms with Crippen molar-refractivity contribution in [3.63, 3.8) is 0 Å². The molecule has 1 fully saturated rings. The fraction of sp³-hybridized carbons (Fsp3) is 0.391. The van der Waals surface area contributed by atoms with Crippen molar-refractivity contribution in [1.82, 2.24) is 4.98 Å². The Morgan fingerprint density at radius 1 is 1.29 bits per heavy atom. The zero-order valence-electron chi connectivity index (χ0n) is 16.6. The van der Waals surface area contributed by atoms with Gasteiger partial charge < -0.3 is 14.3 Å². The van der Waals surface area contributed by atoms with Crippen molar-refractivity contribution >= 4 is 23.5 Å². The first-order valence-corrected chi connectivity index (χ1v) is 10.0. The third kappa shape index (κ3) is 6.10. The number of hydrogen-bond donors (Lipinski definition) is 0. The molecular weight excluding hydrogens is 374 g/mol. The molecule has 5 heteroatoms. The predicted octanol–water partition coefficient (Wildman–Crippen LogP) is 6.33. The number of halogens is 1. The van der Waals surface area contributed by atoms with E-state index in [1.807, 2.05) is 31.2 Å². The number of allylic oxidation sites excluding steroid dienone is 1. The molecule has 148 valence electrons. The van der Waals surface area contributed by atoms with Gasteiger partial charge in [-0.2, -0.15) is 0 Å². The van der Waals surface area contributed by atoms with Crippen molar-refractivity contribution in [3.8, 4) is 17.4 Å². The molecule has 0 saturated heterocycles. The maximum absolute atomic E-state index is 11.3. The number of pyridine rings is 1. The van der Waals surface area contributed by atoms with Crippen LogP contribution < -0.4 is 9.47 Å². The van der Waals surface area contributed by atoms with Crippen molar-refractivity contribution in [2.45, 2.75) is 40.0 Å². The van der Waals surface area contributed by atoms with Gasteiger partial charge in [0.25, 0.3) is 0 Å². The Hall–Kier alpha value is -2.33. The molecule has 1 aromatic heterocycles. The summed E-state index contributed by atoms with van der Waals surface area (Å²) in [5, 5.41) is 0.493. The van der Waals surface area contributed by atoms with E-state index in [0.717, 1.165) is 23.5 Å². The summed E-state index contributed by atoms with van der Waals surface area (Å²) in [7, 11) is 0. The minimum absolute atomic E-state index is 0.197. The first-order valence-electron chi connectivity index (χ1n) is 9.64. The summed E-state index contributed by atoms with van der Waals surface area (Å²) in [6, 6.07) is 9.18. The minimum atomic E-state index is 0.197. The molecule has 4 nitrogen and oxygen atoms in total. The summed E-state index contributed by atoms with van der Waals surface area (Å²) in [6.45, 7) is 6.45. The van der Waals surface area contributed by atoms with Gasteiger partial charge in [0.05, 0.1) is 11.6 Å². The lowest BCUT2D eigenvalue weighted by molar-refractivity contribution is -0.117. The maximum Gasteiger partial charge on any atom is 0.219 e. The predicted molar refractivity (Wildman–Crippen MR) is 112 cm³/mol. The van der Waals surface area contributed by atoms with Crippen molar-refractivity contribution in [1.29, 1.82) is 0 Å². The van der Waals surface area contributed by atoms with Crippen LogP contribution in [-0.4, -0.2) is 17.4 Å². The Balaban J connectivity index is 1.61. The molecule has 1 unspecified atom stereocenters. The van der Waals surface area contributed by atoms with Gasteiger partial charge in [-0.05, 0) is 62.3 Å². The van der Waals surface area contributed by atoms with E-state index >= 15 is 0 Å². The fourth-order valence-corrected chi connectivity index (χ4v) is 3.01. The van der Waals surface area contributed by atoms with Gasteiger partial charge in [0.1, 0.15) is 17.3 Å². The number of ketones is 1. The van der Waals surface area contributed by atoms with Gasteiger partial charge in [-0.1, -0.05) is 30.2 Å². The molecule has 2 aromatic rings. The van der Waals surface area contributed by atoms with Crippen LogP contribution in [0, 0.1) is 11.8 Å². The van der Waals surface area contributed by atoms with Crippen LogP contribution in [0.5, 0.6) is 17.4 Å². The molecule has 0 bridgehead atoms. The van der Waals surface area contributed by atoms with Crippen LogP contribution in [0.4, 0.5) is 0 Å². The van der Waals surface area contributed by atoms with E-state index in [-0.39, 0.29) is 11.7 Å². The Morgan fingerprint density at radius 2 is 2.07 bits per heavy atom. The number of ether oxygens (including phenoxy) is 2. The summed E-state index contributed by atoms with van der Waals surface area (Å²) in [5.41, 5.74) is 2.12. The smallest absolute Gasteiger partial charge is 0.219 e. The van der Waals surface area contributed by atoms with Crippen LogP contribution in [-0.2, 0) is 4.79 Å². The lowest BCUT2D eigenvalue weighted by Crippen LogP contribution is -2.02. The van der Waals surface area contributed by atoms with Crippen LogP contribution in [0.1, 0.15) is 45.6 Å². The molecule has 1 atom stereocenters. The normalized spacial score (nSPS) is 15.2. The van der Waals surface area contributed by atoms with E-state index in [1.165, 1.54) is 12.8 Å². The summed E-state index contributed by atoms with van der Waals surface area (Å²) in [6.07, 6.45) is 6.85. The summed E-state index contributed by atoms with van der Waals surface area (Å²) in [4.78, 5) is 15.6. The van der Waals surface area contributed by atoms with E-state index in [1.54, 1.807) is 25.3 Å². The van der Waals surface area contributed by atoms with Gasteiger partial charge in [-0.3, -0.25) is 0 Å². The molecular formula is C23H26ClNO3. The average molecular weight is 400 g/mol. The summed E-state index contributed by atoms with van der Waals surface area (Å²) < 4.78 is 11.5. The van der Waals surface area contributed by atoms with Crippen LogP contribution in [0.15, 0.2) is 42.1 Å². The molecule has 1 aliphatic carbocycles. The highest BCUT2D eigenvalue weighted by molar-refractivity contribution is 6.32. The number of Topliss-reactive ketones (excluding diaryl/α,β-unsaturated/α-hetero) is 1. The van der Waals surface area contributed by atoms with Crippen molar-refractivity contribution in [2.75, 3.05) is 6.61 Å². The standard InChI is InChI=1S/C23H26ClNO3/c1-15(10-17(3)26)16(2)11-19-6-9-23(25-13-19)28-22-8-7-20(12-21(22)24)27-14-18-4-5-18/h6-9,11-13,15,18H,4-5,10,14H2,1-3H3/b16-11+. The van der Waals surface area contributed by atoms with Crippen molar-refractivity contribution < 1.29 is 14.3 Å². The van der Waals surface area contributed by atoms with E-state index < -0.39 is 0 Å². The molecule has 0 N–H and O–H groups in total. The van der Waals surface area contributed by atoms with Crippen LogP contribution in [0.3, 0.4) is 0 Å². The Bertz CT molecular complexity index is 857. The molecule has 0 spiro atoms. The number of carbonyl (C=O) groups is 1. The van der Waals surface area contributed by atoms with E-state index in [4.69, 9.17) is 21.1 Å². The number of carbonyl (C=O) groups excluding carboxylic acids is 1. The van der Waals surface area contributed by atoms with Gasteiger partial charge in [0.2, 0.25) is 5.88 Å². The largest absolute Gasteiger partial charge is 0.493 e. The Morgan fingerprint density at radius 3 is 2.68 bits per heavy atom. The highest BCUT2D eigenvalue weighted by Gasteiger charge is 2.22. The fourth-order valence-electron chi connectivity index (χ4n) is 2.80. The number of benzene rings is 1. The lowest BCUT2D eigenvalue weighted by atomic mass is 9.96. The monoisotopic (exact) mass is 399 g/mol. The molecule has 3 rings (SSSR count). The topological polar surface area (TPSA) is 48.4 Å². The van der Waals surface area contributed by atoms with Gasteiger partial charge in [0, 0.05) is 24.8 Å². The number of hydrogen-bond acceptors (Lipinski definition) is 4. The van der Waals surface area contributed by atoms with E-state index in [9.17, 15) is 4.79 Å². The SMILES string of the molecule is CC(=O)CC(C)/C(C)=C/c1ccc(Oc2ccc(OCC3CC3)cc2Cl)nc1. The minimum Gasteiger partial charge on any atom is -0.493 e. The molecule has 1 aromatic carbocycles. The maximum atomic E-state index is 11.3. The Kier molecular flexibility index (Phi) is 6.74. The first-order chi connectivity index (χ1) is 13.4. The molecule has 28 heavy (non-hydrogen) atoms. The zero-order chi connectivity index (χ0) is 20.1. The van der Waals surface area contributed by atoms with Crippen molar-refractivity contribution in [3.05, 3.63) is 52.7 Å². The quantitative estimate of drug-likeness (QED) is 0.494. The molecule has 0 aliphatic heterocycles. The number of rotatable bonds is 9. The average Bonchev–Trinajstić information content (AvgIpc) is 3.47. The van der Waals surface area contributed by atoms with Crippen LogP contribution in [0.2, 0.25) is 5.02 Å². The van der Waals surface area contributed by atoms with Gasteiger partial charge in [-0.25, -0.2) is 4.98 Å². The van der Waals surface area contributed by atoms with E-state index in [0.29, 0.717) is 29.0 Å². The molecule has 1 heterocycles. The number of nitrogens with zero attached hydrogens (tertiary/aromatic N) is 1. The third-order valence-corrected chi connectivity index (χ3v) is 5.12. The Labute approximate surface area is 171 Å². The van der Waals surface area contributed by atoms with Gasteiger partial charge in [0.15, 0.2) is 0 Å². The highest BCUT2D eigenvalue weighted by Crippen LogP contribution is 2.34.